The van der Waals surface area contributed by atoms with Crippen molar-refractivity contribution in [2.24, 2.45) is 5.92 Å². The molecule has 2 bridgehead atoms. The molecule has 3 aliphatic rings. The fourth-order valence-electron chi connectivity index (χ4n) is 6.27. The van der Waals surface area contributed by atoms with Gasteiger partial charge in [-0.15, -0.1) is 0 Å². The number of carbonyl (C=O) groups is 2. The summed E-state index contributed by atoms with van der Waals surface area (Å²) in [6.45, 7) is 6.17. The average Bonchev–Trinajstić information content (AvgIpc) is 3.65. The van der Waals surface area contributed by atoms with Gasteiger partial charge in [-0.3, -0.25) is 14.7 Å². The van der Waals surface area contributed by atoms with Gasteiger partial charge in [0, 0.05) is 42.7 Å². The van der Waals surface area contributed by atoms with Gasteiger partial charge in [-0.1, -0.05) is 29.5 Å². The molecule has 2 amide bonds. The van der Waals surface area contributed by atoms with Gasteiger partial charge in [-0.05, 0) is 64.2 Å². The minimum atomic E-state index is -0.582. The Morgan fingerprint density at radius 2 is 2.07 bits per heavy atom. The highest BCUT2D eigenvalue weighted by molar-refractivity contribution is 6.32. The molecule has 2 aliphatic heterocycles. The highest BCUT2D eigenvalue weighted by Crippen LogP contribution is 2.44. The molecule has 1 saturated carbocycles. The molecule has 0 unspecified atom stereocenters. The van der Waals surface area contributed by atoms with Crippen LogP contribution in [-0.2, 0) is 11.2 Å². The minimum absolute atomic E-state index is 0.148. The number of halogens is 1. The Labute approximate surface area is 250 Å². The van der Waals surface area contributed by atoms with Crippen LogP contribution in [0.15, 0.2) is 36.7 Å². The molecule has 2 fully saturated rings. The van der Waals surface area contributed by atoms with Crippen LogP contribution >= 0.6 is 11.6 Å². The number of hydrogen-bond donors (Lipinski definition) is 3. The monoisotopic (exact) mass is 587 g/mol. The Morgan fingerprint density at radius 1 is 1.24 bits per heavy atom. The molecule has 1 aromatic carbocycles. The van der Waals surface area contributed by atoms with Gasteiger partial charge in [-0.2, -0.15) is 0 Å². The van der Waals surface area contributed by atoms with E-state index in [4.69, 9.17) is 21.1 Å². The first kappa shape index (κ1) is 28.0. The number of H-pyrrole nitrogens is 1. The zero-order valence-electron chi connectivity index (χ0n) is 24.1. The number of aromatic nitrogens is 2. The molecular formula is C32H34ClN5O4. The van der Waals surface area contributed by atoms with Crippen molar-refractivity contribution in [2.75, 3.05) is 19.0 Å². The quantitative estimate of drug-likeness (QED) is 0.328. The summed E-state index contributed by atoms with van der Waals surface area (Å²) >= 11 is 6.41. The van der Waals surface area contributed by atoms with Crippen LogP contribution in [0.3, 0.4) is 0 Å². The number of fused-ring (bicyclic) bond motifs is 3. The molecule has 1 aliphatic carbocycles. The normalized spacial score (nSPS) is 20.8. The predicted octanol–water partition coefficient (Wildman–Crippen LogP) is 5.91. The Kier molecular flexibility index (Phi) is 7.27. The molecule has 3 aromatic rings. The van der Waals surface area contributed by atoms with Crippen LogP contribution in [0.2, 0.25) is 5.02 Å². The Hall–Kier alpha value is -4.16. The van der Waals surface area contributed by atoms with Gasteiger partial charge >= 0.3 is 6.09 Å². The fraction of sp³-hybridized carbons (Fsp3) is 0.406. The number of para-hydroxylation sites is 1. The zero-order valence-corrected chi connectivity index (χ0v) is 24.9. The average molecular weight is 588 g/mol. The van der Waals surface area contributed by atoms with E-state index in [-0.39, 0.29) is 24.1 Å². The summed E-state index contributed by atoms with van der Waals surface area (Å²) in [4.78, 5) is 35.9. The number of ether oxygens (including phenoxy) is 2. The van der Waals surface area contributed by atoms with Crippen LogP contribution in [0.25, 0.3) is 11.3 Å². The van der Waals surface area contributed by atoms with Crippen LogP contribution in [0.1, 0.15) is 61.6 Å². The van der Waals surface area contributed by atoms with Gasteiger partial charge in [0.25, 0.3) is 5.91 Å². The number of nitrogens with zero attached hydrogens (tertiary/aromatic N) is 2. The fourth-order valence-corrected chi connectivity index (χ4v) is 6.52. The maximum atomic E-state index is 13.2. The van der Waals surface area contributed by atoms with E-state index >= 15 is 0 Å². The summed E-state index contributed by atoms with van der Waals surface area (Å²) in [7, 11) is 1.55. The van der Waals surface area contributed by atoms with Crippen molar-refractivity contribution in [3.8, 4) is 28.8 Å². The van der Waals surface area contributed by atoms with Gasteiger partial charge < -0.3 is 25.1 Å². The Balaban J connectivity index is 1.41. The van der Waals surface area contributed by atoms with E-state index in [1.807, 2.05) is 43.9 Å². The highest BCUT2D eigenvalue weighted by atomic mass is 35.5. The van der Waals surface area contributed by atoms with Crippen molar-refractivity contribution >= 4 is 35.0 Å². The minimum Gasteiger partial charge on any atom is -0.493 e. The standard InChI is InChI=1S/C32H34ClN5O4/c1-32(2,3)42-31(40)38-20-10-8-18(16-20)25(38)11-9-19-17-34-14-12-21(19)27-28(26-23(36-27)13-15-35-30(26)39)37-24-7-5-6-22(33)29(24)41-4/h5-7,12,14,17-18,20,25,36-37H,8,10,13,15-16H2,1-4H3,(H,35,39)/t18-,20+,25+/m1/s1. The van der Waals surface area contributed by atoms with Gasteiger partial charge in [0.15, 0.2) is 5.75 Å². The van der Waals surface area contributed by atoms with E-state index in [1.54, 1.807) is 25.6 Å². The molecule has 2 aromatic heterocycles. The molecule has 0 spiro atoms. The largest absolute Gasteiger partial charge is 0.493 e. The molecule has 42 heavy (non-hydrogen) atoms. The molecule has 3 N–H and O–H groups in total. The number of pyridine rings is 1. The maximum Gasteiger partial charge on any atom is 0.411 e. The molecule has 218 valence electrons. The van der Waals surface area contributed by atoms with E-state index in [0.717, 1.165) is 30.5 Å². The Morgan fingerprint density at radius 3 is 2.86 bits per heavy atom. The number of hydrogen-bond acceptors (Lipinski definition) is 6. The third-order valence-electron chi connectivity index (χ3n) is 8.03. The second-order valence-corrected chi connectivity index (χ2v) is 12.3. The lowest BCUT2D eigenvalue weighted by Gasteiger charge is -2.34. The number of amides is 2. The lowest BCUT2D eigenvalue weighted by molar-refractivity contribution is 0.0134. The van der Waals surface area contributed by atoms with E-state index in [2.05, 4.69) is 32.4 Å². The topological polar surface area (TPSA) is 109 Å². The summed E-state index contributed by atoms with van der Waals surface area (Å²) in [5.74, 6) is 7.37. The van der Waals surface area contributed by atoms with Crippen molar-refractivity contribution in [3.05, 3.63) is 58.5 Å². The van der Waals surface area contributed by atoms with Crippen LogP contribution in [0.4, 0.5) is 16.2 Å². The lowest BCUT2D eigenvalue weighted by atomic mass is 9.98. The molecule has 6 rings (SSSR count). The van der Waals surface area contributed by atoms with Crippen molar-refractivity contribution in [1.82, 2.24) is 20.2 Å². The van der Waals surface area contributed by atoms with Crippen LogP contribution in [-0.4, -0.2) is 58.2 Å². The lowest BCUT2D eigenvalue weighted by Crippen LogP contribution is -2.46. The summed E-state index contributed by atoms with van der Waals surface area (Å²) in [5, 5.41) is 6.82. The SMILES string of the molecule is COc1c(Cl)cccc1Nc1c(-c2ccncc2C#C[C@H]2[C@@H]3CC[C@@H](C3)N2C(=O)OC(C)(C)C)[nH]c2c1C(=O)NCC2. The van der Waals surface area contributed by atoms with Gasteiger partial charge in [0.05, 0.1) is 46.4 Å². The summed E-state index contributed by atoms with van der Waals surface area (Å²) in [6, 6.07) is 7.21. The van der Waals surface area contributed by atoms with Crippen LogP contribution in [0.5, 0.6) is 5.75 Å². The predicted molar refractivity (Wildman–Crippen MR) is 161 cm³/mol. The molecular weight excluding hydrogens is 554 g/mol. The number of carbonyl (C=O) groups excluding carboxylic acids is 2. The first-order valence-corrected chi connectivity index (χ1v) is 14.6. The second kappa shape index (κ2) is 10.9. The van der Waals surface area contributed by atoms with Crippen LogP contribution < -0.4 is 15.4 Å². The Bertz CT molecular complexity index is 1610. The number of likely N-dealkylation sites (tertiary alicyclic amines) is 1. The van der Waals surface area contributed by atoms with Crippen molar-refractivity contribution < 1.29 is 19.1 Å². The number of aromatic amines is 1. The number of anilines is 2. The molecule has 9 nitrogen and oxygen atoms in total. The third-order valence-corrected chi connectivity index (χ3v) is 8.33. The molecule has 10 heteroatoms. The smallest absolute Gasteiger partial charge is 0.411 e. The third kappa shape index (κ3) is 5.16. The van der Waals surface area contributed by atoms with Gasteiger partial charge in [0.2, 0.25) is 0 Å². The van der Waals surface area contributed by atoms with Gasteiger partial charge in [-0.25, -0.2) is 4.79 Å². The van der Waals surface area contributed by atoms with E-state index in [1.165, 1.54) is 0 Å². The van der Waals surface area contributed by atoms with Crippen molar-refractivity contribution in [1.29, 1.82) is 0 Å². The van der Waals surface area contributed by atoms with Crippen molar-refractivity contribution in [3.63, 3.8) is 0 Å². The van der Waals surface area contributed by atoms with E-state index in [9.17, 15) is 9.59 Å². The van der Waals surface area contributed by atoms with E-state index < -0.39 is 5.60 Å². The first-order chi connectivity index (χ1) is 20.1. The summed E-state index contributed by atoms with van der Waals surface area (Å²) in [6.07, 6.45) is 6.71. The summed E-state index contributed by atoms with van der Waals surface area (Å²) in [5.41, 5.74) is 4.20. The highest BCUT2D eigenvalue weighted by Gasteiger charge is 2.48. The number of methoxy groups -OCH3 is 1. The second-order valence-electron chi connectivity index (χ2n) is 11.9. The number of nitrogens with one attached hydrogen (secondary N) is 3. The number of benzene rings is 1. The number of piperidine rings is 1. The number of rotatable bonds is 4. The van der Waals surface area contributed by atoms with Crippen LogP contribution in [0, 0.1) is 17.8 Å². The van der Waals surface area contributed by atoms with E-state index in [0.29, 0.717) is 57.9 Å². The molecule has 0 radical (unpaired) electrons. The maximum absolute atomic E-state index is 13.2. The molecule has 1 saturated heterocycles. The van der Waals surface area contributed by atoms with Crippen molar-refractivity contribution in [2.45, 2.75) is 64.1 Å². The van der Waals surface area contributed by atoms with Gasteiger partial charge in [0.1, 0.15) is 5.60 Å². The molecule has 4 heterocycles. The zero-order chi connectivity index (χ0) is 29.6. The summed E-state index contributed by atoms with van der Waals surface area (Å²) < 4.78 is 11.3. The first-order valence-electron chi connectivity index (χ1n) is 14.2. The molecule has 3 atom stereocenters.